The standard InChI is InChI=1S/C19H19NO/c1-14-7-3-6-10-17(14)18(2,21)19(13-20)11-15-8-4-5-9-16(15)12-19/h3-10,21H,11-12H2,1-2H3. The first-order chi connectivity index (χ1) is 10.00. The quantitative estimate of drug-likeness (QED) is 0.913. The molecule has 1 aliphatic carbocycles. The second kappa shape index (κ2) is 4.72. The molecule has 0 saturated carbocycles. The maximum atomic E-state index is 11.3. The lowest BCUT2D eigenvalue weighted by Gasteiger charge is -2.38. The van der Waals surface area contributed by atoms with Crippen LogP contribution in [0.3, 0.4) is 0 Å². The van der Waals surface area contributed by atoms with Gasteiger partial charge < -0.3 is 5.11 Å². The van der Waals surface area contributed by atoms with Crippen molar-refractivity contribution in [3.05, 3.63) is 70.8 Å². The molecule has 0 amide bonds. The third-order valence-electron chi connectivity index (χ3n) is 4.92. The molecule has 0 saturated heterocycles. The predicted molar refractivity (Wildman–Crippen MR) is 82.6 cm³/mol. The normalized spacial score (nSPS) is 18.6. The molecule has 2 nitrogen and oxygen atoms in total. The van der Waals surface area contributed by atoms with Crippen molar-refractivity contribution in [2.45, 2.75) is 32.3 Å². The Balaban J connectivity index is 2.10. The Hall–Kier alpha value is -2.11. The van der Waals surface area contributed by atoms with Gasteiger partial charge in [0.2, 0.25) is 0 Å². The van der Waals surface area contributed by atoms with Gasteiger partial charge in [0.15, 0.2) is 0 Å². The van der Waals surface area contributed by atoms with E-state index in [1.807, 2.05) is 43.3 Å². The summed E-state index contributed by atoms with van der Waals surface area (Å²) in [5, 5.41) is 21.1. The molecule has 1 unspecified atom stereocenters. The van der Waals surface area contributed by atoms with Gasteiger partial charge in [-0.05, 0) is 48.9 Å². The fourth-order valence-corrected chi connectivity index (χ4v) is 3.52. The number of rotatable bonds is 2. The highest BCUT2D eigenvalue weighted by Crippen LogP contribution is 2.49. The zero-order chi connectivity index (χ0) is 15.1. The number of aryl methyl sites for hydroxylation is 1. The maximum absolute atomic E-state index is 11.3. The Morgan fingerprint density at radius 1 is 1.05 bits per heavy atom. The maximum Gasteiger partial charge on any atom is 0.106 e. The first kappa shape index (κ1) is 13.9. The second-order valence-electron chi connectivity index (χ2n) is 6.20. The number of aliphatic hydroxyl groups is 1. The highest BCUT2D eigenvalue weighted by atomic mass is 16.3. The minimum atomic E-state index is -1.17. The highest BCUT2D eigenvalue weighted by molar-refractivity contribution is 5.43. The lowest BCUT2D eigenvalue weighted by atomic mass is 9.67. The Kier molecular flexibility index (Phi) is 3.11. The fraction of sp³-hybridized carbons (Fsp3) is 0.316. The van der Waals surface area contributed by atoms with E-state index in [2.05, 4.69) is 18.2 Å². The van der Waals surface area contributed by atoms with Crippen molar-refractivity contribution in [3.8, 4) is 6.07 Å². The molecule has 2 aromatic rings. The van der Waals surface area contributed by atoms with Crippen molar-refractivity contribution in [2.75, 3.05) is 0 Å². The van der Waals surface area contributed by atoms with Crippen LogP contribution in [0.2, 0.25) is 0 Å². The van der Waals surface area contributed by atoms with Gasteiger partial charge in [0.05, 0.1) is 11.5 Å². The van der Waals surface area contributed by atoms with Crippen LogP contribution in [-0.4, -0.2) is 5.11 Å². The number of benzene rings is 2. The van der Waals surface area contributed by atoms with Gasteiger partial charge in [-0.3, -0.25) is 0 Å². The Morgan fingerprint density at radius 2 is 1.57 bits per heavy atom. The molecule has 0 spiro atoms. The van der Waals surface area contributed by atoms with Crippen molar-refractivity contribution < 1.29 is 5.11 Å². The van der Waals surface area contributed by atoms with Crippen LogP contribution < -0.4 is 0 Å². The van der Waals surface area contributed by atoms with E-state index in [9.17, 15) is 10.4 Å². The molecule has 2 heteroatoms. The highest BCUT2D eigenvalue weighted by Gasteiger charge is 2.52. The van der Waals surface area contributed by atoms with Crippen molar-refractivity contribution >= 4 is 0 Å². The van der Waals surface area contributed by atoms with Gasteiger partial charge in [-0.2, -0.15) is 5.26 Å². The number of hydrogen-bond donors (Lipinski definition) is 1. The zero-order valence-corrected chi connectivity index (χ0v) is 12.4. The topological polar surface area (TPSA) is 44.0 Å². The Labute approximate surface area is 125 Å². The van der Waals surface area contributed by atoms with Crippen LogP contribution in [0, 0.1) is 23.7 Å². The van der Waals surface area contributed by atoms with Crippen LogP contribution >= 0.6 is 0 Å². The predicted octanol–water partition coefficient (Wildman–Crippen LogP) is 3.51. The number of hydrogen-bond acceptors (Lipinski definition) is 2. The summed E-state index contributed by atoms with van der Waals surface area (Å²) in [6.45, 7) is 3.77. The van der Waals surface area contributed by atoms with Gasteiger partial charge in [0.1, 0.15) is 5.60 Å². The summed E-state index contributed by atoms with van der Waals surface area (Å²) in [4.78, 5) is 0. The van der Waals surface area contributed by atoms with E-state index in [1.165, 1.54) is 11.1 Å². The summed E-state index contributed by atoms with van der Waals surface area (Å²) < 4.78 is 0. The van der Waals surface area contributed by atoms with Crippen LogP contribution in [-0.2, 0) is 18.4 Å². The third kappa shape index (κ3) is 1.97. The van der Waals surface area contributed by atoms with Crippen LogP contribution in [0.25, 0.3) is 0 Å². The van der Waals surface area contributed by atoms with Crippen molar-refractivity contribution in [3.63, 3.8) is 0 Å². The summed E-state index contributed by atoms with van der Waals surface area (Å²) >= 11 is 0. The molecule has 2 aromatic carbocycles. The van der Waals surface area contributed by atoms with Gasteiger partial charge >= 0.3 is 0 Å². The molecular weight excluding hydrogens is 258 g/mol. The van der Waals surface area contributed by atoms with E-state index in [0.717, 1.165) is 11.1 Å². The lowest BCUT2D eigenvalue weighted by molar-refractivity contribution is -0.0410. The SMILES string of the molecule is Cc1ccccc1C(C)(O)C1(C#N)Cc2ccccc2C1. The smallest absolute Gasteiger partial charge is 0.106 e. The molecule has 0 fully saturated rings. The van der Waals surface area contributed by atoms with Gasteiger partial charge in [-0.1, -0.05) is 48.5 Å². The summed E-state index contributed by atoms with van der Waals surface area (Å²) in [6.07, 6.45) is 1.20. The first-order valence-corrected chi connectivity index (χ1v) is 7.27. The summed E-state index contributed by atoms with van der Waals surface area (Å²) in [7, 11) is 0. The average molecular weight is 277 g/mol. The largest absolute Gasteiger partial charge is 0.384 e. The van der Waals surface area contributed by atoms with Crippen LogP contribution in [0.4, 0.5) is 0 Å². The van der Waals surface area contributed by atoms with E-state index in [1.54, 1.807) is 6.92 Å². The Morgan fingerprint density at radius 3 is 2.10 bits per heavy atom. The molecule has 0 aromatic heterocycles. The minimum absolute atomic E-state index is 0.598. The molecule has 1 atom stereocenters. The molecule has 1 aliphatic rings. The zero-order valence-electron chi connectivity index (χ0n) is 12.4. The van der Waals surface area contributed by atoms with E-state index in [-0.39, 0.29) is 0 Å². The summed E-state index contributed by atoms with van der Waals surface area (Å²) in [6, 6.07) is 18.3. The molecule has 106 valence electrons. The van der Waals surface area contributed by atoms with Gasteiger partial charge in [0.25, 0.3) is 0 Å². The monoisotopic (exact) mass is 277 g/mol. The van der Waals surface area contributed by atoms with Crippen molar-refractivity contribution in [2.24, 2.45) is 5.41 Å². The van der Waals surface area contributed by atoms with Crippen LogP contribution in [0.5, 0.6) is 0 Å². The fourth-order valence-electron chi connectivity index (χ4n) is 3.52. The summed E-state index contributed by atoms with van der Waals surface area (Å²) in [5.41, 5.74) is 2.24. The minimum Gasteiger partial charge on any atom is -0.384 e. The number of nitriles is 1. The molecule has 0 bridgehead atoms. The molecule has 21 heavy (non-hydrogen) atoms. The molecule has 0 heterocycles. The third-order valence-corrected chi connectivity index (χ3v) is 4.92. The van der Waals surface area contributed by atoms with Crippen LogP contribution in [0.15, 0.2) is 48.5 Å². The van der Waals surface area contributed by atoms with Crippen LogP contribution in [0.1, 0.15) is 29.2 Å². The van der Waals surface area contributed by atoms with E-state index < -0.39 is 11.0 Å². The van der Waals surface area contributed by atoms with Crippen molar-refractivity contribution in [1.29, 1.82) is 5.26 Å². The molecule has 0 aliphatic heterocycles. The average Bonchev–Trinajstić information content (AvgIpc) is 2.88. The molecular formula is C19H19NO. The van der Waals surface area contributed by atoms with Gasteiger partial charge in [-0.25, -0.2) is 0 Å². The van der Waals surface area contributed by atoms with E-state index in [0.29, 0.717) is 12.8 Å². The van der Waals surface area contributed by atoms with E-state index in [4.69, 9.17) is 0 Å². The van der Waals surface area contributed by atoms with E-state index >= 15 is 0 Å². The molecule has 3 rings (SSSR count). The molecule has 1 N–H and O–H groups in total. The van der Waals surface area contributed by atoms with Gasteiger partial charge in [-0.15, -0.1) is 0 Å². The first-order valence-electron chi connectivity index (χ1n) is 7.27. The van der Waals surface area contributed by atoms with Gasteiger partial charge in [0, 0.05) is 0 Å². The number of fused-ring (bicyclic) bond motifs is 1. The van der Waals surface area contributed by atoms with Crippen molar-refractivity contribution in [1.82, 2.24) is 0 Å². The lowest BCUT2D eigenvalue weighted by Crippen LogP contribution is -2.44. The second-order valence-corrected chi connectivity index (χ2v) is 6.20. The molecule has 0 radical (unpaired) electrons. The summed E-state index contributed by atoms with van der Waals surface area (Å²) in [5.74, 6) is 0. The Bertz CT molecular complexity index is 699. The number of nitrogens with zero attached hydrogens (tertiary/aromatic N) is 1.